The van der Waals surface area contributed by atoms with E-state index >= 15 is 0 Å². The van der Waals surface area contributed by atoms with E-state index < -0.39 is 23.8 Å². The first-order valence-electron chi connectivity index (χ1n) is 20.1. The SMILES string of the molecule is COc1ccc(OC(=O)C2CCC(C(=O)Oc3ccc(OC(=O)C4CCC(C(=O)Oc5ccc(OC)cc5)CC4)c4sc(-c5cc6c(C)cc(C)cc6o5)nc34)CC2)cc1. The van der Waals surface area contributed by atoms with E-state index in [2.05, 4.69) is 6.07 Å². The molecule has 0 amide bonds. The Kier molecular flexibility index (Phi) is 11.9. The third-order valence-corrected chi connectivity index (χ3v) is 12.5. The van der Waals surface area contributed by atoms with Crippen molar-refractivity contribution in [2.45, 2.75) is 65.2 Å². The second-order valence-corrected chi connectivity index (χ2v) is 16.5. The van der Waals surface area contributed by atoms with Crippen LogP contribution in [0.4, 0.5) is 0 Å². The van der Waals surface area contributed by atoms with Crippen LogP contribution < -0.4 is 28.4 Å². The lowest BCUT2D eigenvalue weighted by atomic mass is 9.82. The van der Waals surface area contributed by atoms with E-state index in [4.69, 9.17) is 37.8 Å². The Bertz CT molecular complexity index is 2410. The first-order chi connectivity index (χ1) is 29.0. The van der Waals surface area contributed by atoms with E-state index in [0.717, 1.165) is 22.1 Å². The van der Waals surface area contributed by atoms with Gasteiger partial charge < -0.3 is 32.8 Å². The van der Waals surface area contributed by atoms with Gasteiger partial charge in [-0.1, -0.05) is 6.07 Å². The number of hydrogen-bond donors (Lipinski definition) is 0. The summed E-state index contributed by atoms with van der Waals surface area (Å²) < 4.78 is 40.5. The number of carbonyl (C=O) groups is 4. The number of carbonyl (C=O) groups excluding carboxylic acids is 4. The number of thiazole rings is 1. The molecule has 13 heteroatoms. The van der Waals surface area contributed by atoms with Crippen molar-refractivity contribution in [3.05, 3.63) is 90.0 Å². The molecule has 0 aliphatic heterocycles. The van der Waals surface area contributed by atoms with E-state index in [1.54, 1.807) is 74.9 Å². The lowest BCUT2D eigenvalue weighted by Crippen LogP contribution is -2.30. The monoisotopic (exact) mass is 831 g/mol. The van der Waals surface area contributed by atoms with Gasteiger partial charge in [0.05, 0.1) is 37.9 Å². The molecule has 0 unspecified atom stereocenters. The Morgan fingerprint density at radius 1 is 0.567 bits per heavy atom. The number of aryl methyl sites for hydroxylation is 2. The number of methoxy groups -OCH3 is 2. The molecular formula is C47H45NO11S. The molecule has 2 aromatic heterocycles. The van der Waals surface area contributed by atoms with Gasteiger partial charge in [-0.3, -0.25) is 19.2 Å². The molecule has 8 rings (SSSR count). The maximum atomic E-state index is 13.7. The molecule has 0 radical (unpaired) electrons. The second-order valence-electron chi connectivity index (χ2n) is 15.5. The highest BCUT2D eigenvalue weighted by Crippen LogP contribution is 2.44. The Labute approximate surface area is 350 Å². The summed E-state index contributed by atoms with van der Waals surface area (Å²) in [7, 11) is 3.14. The predicted octanol–water partition coefficient (Wildman–Crippen LogP) is 9.98. The largest absolute Gasteiger partial charge is 0.497 e. The molecule has 310 valence electrons. The van der Waals surface area contributed by atoms with Gasteiger partial charge in [-0.05, 0) is 149 Å². The minimum absolute atomic E-state index is 0.234. The van der Waals surface area contributed by atoms with Crippen LogP contribution in [0.15, 0.2) is 83.3 Å². The van der Waals surface area contributed by atoms with Crippen molar-refractivity contribution in [2.75, 3.05) is 14.2 Å². The fourth-order valence-electron chi connectivity index (χ4n) is 8.02. The number of rotatable bonds is 11. The Hall–Kier alpha value is -6.21. The Morgan fingerprint density at radius 2 is 1.00 bits per heavy atom. The minimum atomic E-state index is -0.425. The molecule has 60 heavy (non-hydrogen) atoms. The van der Waals surface area contributed by atoms with Gasteiger partial charge in [-0.25, -0.2) is 4.98 Å². The Balaban J connectivity index is 0.961. The van der Waals surface area contributed by atoms with Crippen LogP contribution in [0, 0.1) is 37.5 Å². The number of esters is 4. The molecule has 0 bridgehead atoms. The van der Waals surface area contributed by atoms with Crippen molar-refractivity contribution in [3.8, 4) is 45.3 Å². The lowest BCUT2D eigenvalue weighted by Gasteiger charge is -2.26. The molecule has 2 heterocycles. The van der Waals surface area contributed by atoms with Crippen LogP contribution >= 0.6 is 11.3 Å². The third-order valence-electron chi connectivity index (χ3n) is 11.4. The summed E-state index contributed by atoms with van der Waals surface area (Å²) in [5.41, 5.74) is 3.23. The normalized spacial score (nSPS) is 19.1. The molecule has 2 fully saturated rings. The first kappa shape index (κ1) is 40.6. The number of aromatic nitrogens is 1. The summed E-state index contributed by atoms with van der Waals surface area (Å²) in [6.45, 7) is 4.03. The zero-order chi connectivity index (χ0) is 41.9. The maximum absolute atomic E-state index is 13.7. The summed E-state index contributed by atoms with van der Waals surface area (Å²) in [4.78, 5) is 58.1. The molecule has 0 N–H and O–H groups in total. The van der Waals surface area contributed by atoms with Crippen LogP contribution in [0.3, 0.4) is 0 Å². The van der Waals surface area contributed by atoms with Crippen molar-refractivity contribution in [1.82, 2.24) is 4.98 Å². The van der Waals surface area contributed by atoms with Crippen LogP contribution in [0.2, 0.25) is 0 Å². The first-order valence-corrected chi connectivity index (χ1v) is 21.0. The second kappa shape index (κ2) is 17.6. The summed E-state index contributed by atoms with van der Waals surface area (Å²) in [5.74, 6) is 0.269. The molecule has 12 nitrogen and oxygen atoms in total. The van der Waals surface area contributed by atoms with Crippen LogP contribution in [0.1, 0.15) is 62.5 Å². The minimum Gasteiger partial charge on any atom is -0.497 e. The number of hydrogen-bond acceptors (Lipinski definition) is 13. The van der Waals surface area contributed by atoms with Crippen molar-refractivity contribution in [3.63, 3.8) is 0 Å². The maximum Gasteiger partial charge on any atom is 0.314 e. The average molecular weight is 832 g/mol. The molecule has 0 saturated heterocycles. The van der Waals surface area contributed by atoms with Gasteiger partial charge in [0.1, 0.15) is 38.8 Å². The van der Waals surface area contributed by atoms with Gasteiger partial charge in [0.25, 0.3) is 0 Å². The number of furan rings is 1. The molecule has 0 atom stereocenters. The fraction of sp³-hybridized carbons (Fsp3) is 0.340. The van der Waals surface area contributed by atoms with E-state index in [1.807, 2.05) is 26.0 Å². The summed E-state index contributed by atoms with van der Waals surface area (Å²) in [6, 6.07) is 22.9. The van der Waals surface area contributed by atoms with Crippen molar-refractivity contribution in [1.29, 1.82) is 0 Å². The third kappa shape index (κ3) is 8.86. The van der Waals surface area contributed by atoms with Gasteiger partial charge >= 0.3 is 23.9 Å². The molecule has 2 saturated carbocycles. The summed E-state index contributed by atoms with van der Waals surface area (Å²) in [6.07, 6.45) is 3.79. The van der Waals surface area contributed by atoms with Crippen LogP contribution in [-0.2, 0) is 19.2 Å². The van der Waals surface area contributed by atoms with Gasteiger partial charge in [-0.2, -0.15) is 0 Å². The molecule has 4 aromatic carbocycles. The molecule has 2 aliphatic carbocycles. The summed E-state index contributed by atoms with van der Waals surface area (Å²) in [5, 5.41) is 1.49. The highest BCUT2D eigenvalue weighted by molar-refractivity contribution is 7.22. The standard InChI is InChI=1S/C47H45NO11S/c1-26-23-27(2)36-25-40(57-39(36)24-26)43-48-41-37(58-46(51)30-9-5-28(6-10-30)44(49)55-34-17-13-32(53-3)14-18-34)21-22-38(42(41)60-43)59-47(52)31-11-7-29(8-12-31)45(50)56-35-19-15-33(54-4)16-20-35/h13-25,28-31H,5-12H2,1-4H3. The number of fused-ring (bicyclic) bond motifs is 2. The topological polar surface area (TPSA) is 150 Å². The fourth-order valence-corrected chi connectivity index (χ4v) is 9.01. The quantitative estimate of drug-likeness (QED) is 0.0903. The van der Waals surface area contributed by atoms with Crippen LogP contribution in [0.5, 0.6) is 34.5 Å². The van der Waals surface area contributed by atoms with Gasteiger partial charge in [-0.15, -0.1) is 11.3 Å². The molecule has 6 aromatic rings. The van der Waals surface area contributed by atoms with Gasteiger partial charge in [0, 0.05) is 5.39 Å². The van der Waals surface area contributed by atoms with Gasteiger partial charge in [0.2, 0.25) is 0 Å². The summed E-state index contributed by atoms with van der Waals surface area (Å²) >= 11 is 1.28. The zero-order valence-electron chi connectivity index (χ0n) is 33.8. The van der Waals surface area contributed by atoms with E-state index in [0.29, 0.717) is 101 Å². The lowest BCUT2D eigenvalue weighted by molar-refractivity contribution is -0.145. The van der Waals surface area contributed by atoms with E-state index in [1.165, 1.54) is 11.3 Å². The van der Waals surface area contributed by atoms with Crippen molar-refractivity contribution in [2.24, 2.45) is 23.7 Å². The van der Waals surface area contributed by atoms with E-state index in [-0.39, 0.29) is 29.5 Å². The highest BCUT2D eigenvalue weighted by Gasteiger charge is 2.35. The molecule has 2 aliphatic rings. The van der Waals surface area contributed by atoms with Crippen molar-refractivity contribution < 1.29 is 52.0 Å². The smallest absolute Gasteiger partial charge is 0.314 e. The van der Waals surface area contributed by atoms with Crippen LogP contribution in [0.25, 0.3) is 32.0 Å². The predicted molar refractivity (Wildman–Crippen MR) is 224 cm³/mol. The average Bonchev–Trinajstić information content (AvgIpc) is 3.91. The number of ether oxygens (including phenoxy) is 6. The molecular weight excluding hydrogens is 787 g/mol. The van der Waals surface area contributed by atoms with Crippen LogP contribution in [-0.4, -0.2) is 43.1 Å². The highest BCUT2D eigenvalue weighted by atomic mass is 32.1. The Morgan fingerprint density at radius 3 is 1.48 bits per heavy atom. The van der Waals surface area contributed by atoms with Gasteiger partial charge in [0.15, 0.2) is 22.3 Å². The zero-order valence-corrected chi connectivity index (χ0v) is 34.6. The molecule has 0 spiro atoms. The number of benzene rings is 4. The van der Waals surface area contributed by atoms with E-state index in [9.17, 15) is 19.2 Å². The number of nitrogens with zero attached hydrogens (tertiary/aromatic N) is 1. The van der Waals surface area contributed by atoms with Crippen molar-refractivity contribution >= 4 is 56.4 Å².